The molecule has 3 rings (SSSR count). The van der Waals surface area contributed by atoms with E-state index in [1.165, 1.54) is 0 Å². The van der Waals surface area contributed by atoms with Crippen molar-refractivity contribution in [3.63, 3.8) is 0 Å². The SMILES string of the molecule is CCCCOC[C@H]1O[C@@H]2Oc3ccc(OC)cc3[C@H](OC)[C@@H]2[C@@H](OCCCC)[C@H]1OCCCC. The summed E-state index contributed by atoms with van der Waals surface area (Å²) in [6.07, 6.45) is 4.64. The van der Waals surface area contributed by atoms with Gasteiger partial charge in [0.1, 0.15) is 23.7 Å². The van der Waals surface area contributed by atoms with E-state index in [-0.39, 0.29) is 30.3 Å². The van der Waals surface area contributed by atoms with Crippen molar-refractivity contribution < 1.29 is 33.2 Å². The monoisotopic (exact) mass is 480 g/mol. The highest BCUT2D eigenvalue weighted by molar-refractivity contribution is 5.44. The largest absolute Gasteiger partial charge is 0.497 e. The van der Waals surface area contributed by atoms with E-state index < -0.39 is 6.29 Å². The van der Waals surface area contributed by atoms with Gasteiger partial charge in [-0.3, -0.25) is 0 Å². The van der Waals surface area contributed by atoms with Crippen LogP contribution in [0.1, 0.15) is 71.0 Å². The van der Waals surface area contributed by atoms with E-state index in [0.717, 1.165) is 55.6 Å². The van der Waals surface area contributed by atoms with Gasteiger partial charge in [0.25, 0.3) is 0 Å². The van der Waals surface area contributed by atoms with E-state index in [2.05, 4.69) is 20.8 Å². The van der Waals surface area contributed by atoms with Crippen LogP contribution in [0.2, 0.25) is 0 Å². The Morgan fingerprint density at radius 3 is 2.18 bits per heavy atom. The highest BCUT2D eigenvalue weighted by Gasteiger charge is 2.54. The quantitative estimate of drug-likeness (QED) is 0.316. The van der Waals surface area contributed by atoms with Gasteiger partial charge in [-0.05, 0) is 37.5 Å². The van der Waals surface area contributed by atoms with Crippen molar-refractivity contribution in [2.24, 2.45) is 5.92 Å². The van der Waals surface area contributed by atoms with Gasteiger partial charge in [-0.2, -0.15) is 0 Å². The summed E-state index contributed by atoms with van der Waals surface area (Å²) < 4.78 is 43.4. The van der Waals surface area contributed by atoms with Crippen LogP contribution < -0.4 is 9.47 Å². The zero-order chi connectivity index (χ0) is 24.3. The topological polar surface area (TPSA) is 64.6 Å². The predicted octanol–water partition coefficient (Wildman–Crippen LogP) is 5.30. The lowest BCUT2D eigenvalue weighted by Gasteiger charge is -2.50. The number of rotatable bonds is 15. The van der Waals surface area contributed by atoms with Gasteiger partial charge in [0.05, 0.1) is 31.8 Å². The van der Waals surface area contributed by atoms with Crippen LogP contribution in [0.5, 0.6) is 11.5 Å². The Morgan fingerprint density at radius 1 is 0.853 bits per heavy atom. The summed E-state index contributed by atoms with van der Waals surface area (Å²) in [5, 5.41) is 0. The number of unbranched alkanes of at least 4 members (excludes halogenated alkanes) is 3. The Morgan fingerprint density at radius 2 is 1.53 bits per heavy atom. The molecule has 0 aromatic heterocycles. The number of hydrogen-bond acceptors (Lipinski definition) is 7. The fourth-order valence-electron chi connectivity index (χ4n) is 4.66. The molecule has 2 aliphatic heterocycles. The Bertz CT molecular complexity index is 712. The minimum Gasteiger partial charge on any atom is -0.497 e. The molecule has 0 aliphatic carbocycles. The van der Waals surface area contributed by atoms with Crippen molar-refractivity contribution in [1.82, 2.24) is 0 Å². The van der Waals surface area contributed by atoms with Crippen LogP contribution in [-0.4, -0.2) is 65.2 Å². The maximum Gasteiger partial charge on any atom is 0.208 e. The minimum absolute atomic E-state index is 0.181. The second-order valence-corrected chi connectivity index (χ2v) is 9.10. The van der Waals surface area contributed by atoms with Crippen molar-refractivity contribution in [3.8, 4) is 11.5 Å². The average molecular weight is 481 g/mol. The molecule has 1 aromatic carbocycles. The second-order valence-electron chi connectivity index (χ2n) is 9.10. The Kier molecular flexibility index (Phi) is 11.4. The van der Waals surface area contributed by atoms with Crippen LogP contribution in [0.3, 0.4) is 0 Å². The van der Waals surface area contributed by atoms with Gasteiger partial charge in [0, 0.05) is 32.5 Å². The standard InChI is InChI=1S/C27H44O7/c1-6-9-14-30-18-22-25(31-15-10-7-2)26(32-16-11-8-3)23-24(29-5)20-17-19(28-4)12-13-21(20)33-27(23)34-22/h12-13,17,22-27H,6-11,14-16,18H2,1-5H3/t22-,23-,24+,25+,26-,27+/m1/s1. The molecule has 0 N–H and O–H groups in total. The van der Waals surface area contributed by atoms with E-state index in [9.17, 15) is 0 Å². The van der Waals surface area contributed by atoms with Crippen LogP contribution in [0.25, 0.3) is 0 Å². The molecule has 2 aliphatic rings. The number of fused-ring (bicyclic) bond motifs is 2. The summed E-state index contributed by atoms with van der Waals surface area (Å²) in [5.41, 5.74) is 0.945. The van der Waals surface area contributed by atoms with Gasteiger partial charge in [-0.1, -0.05) is 40.0 Å². The van der Waals surface area contributed by atoms with Gasteiger partial charge in [0.2, 0.25) is 6.29 Å². The molecule has 1 saturated heterocycles. The molecule has 0 saturated carbocycles. The molecular weight excluding hydrogens is 436 g/mol. The highest BCUT2D eigenvalue weighted by Crippen LogP contribution is 2.48. The van der Waals surface area contributed by atoms with Crippen molar-refractivity contribution >= 4 is 0 Å². The molecule has 0 amide bonds. The fourth-order valence-corrected chi connectivity index (χ4v) is 4.66. The lowest BCUT2D eigenvalue weighted by atomic mass is 9.81. The molecule has 34 heavy (non-hydrogen) atoms. The number of ether oxygens (including phenoxy) is 7. The fraction of sp³-hybridized carbons (Fsp3) is 0.778. The van der Waals surface area contributed by atoms with Crippen molar-refractivity contribution in [2.75, 3.05) is 40.6 Å². The molecular formula is C27H44O7. The summed E-state index contributed by atoms with van der Waals surface area (Å²) >= 11 is 0. The smallest absolute Gasteiger partial charge is 0.208 e. The second kappa shape index (κ2) is 14.2. The first kappa shape index (κ1) is 27.2. The van der Waals surface area contributed by atoms with Crippen LogP contribution in [-0.2, 0) is 23.7 Å². The highest BCUT2D eigenvalue weighted by atomic mass is 16.7. The third-order valence-electron chi connectivity index (χ3n) is 6.60. The van der Waals surface area contributed by atoms with Gasteiger partial charge in [-0.25, -0.2) is 0 Å². The van der Waals surface area contributed by atoms with Crippen LogP contribution in [0.15, 0.2) is 18.2 Å². The molecule has 1 fully saturated rings. The summed E-state index contributed by atoms with van der Waals surface area (Å²) in [4.78, 5) is 0. The molecule has 0 unspecified atom stereocenters. The summed E-state index contributed by atoms with van der Waals surface area (Å²) in [7, 11) is 3.39. The average Bonchev–Trinajstić information content (AvgIpc) is 2.86. The summed E-state index contributed by atoms with van der Waals surface area (Å²) in [6.45, 7) is 8.96. The van der Waals surface area contributed by atoms with Crippen molar-refractivity contribution in [1.29, 1.82) is 0 Å². The molecule has 0 bridgehead atoms. The van der Waals surface area contributed by atoms with Gasteiger partial charge in [-0.15, -0.1) is 0 Å². The minimum atomic E-state index is -0.511. The van der Waals surface area contributed by atoms with Crippen molar-refractivity contribution in [3.05, 3.63) is 23.8 Å². The van der Waals surface area contributed by atoms with Gasteiger partial charge < -0.3 is 33.2 Å². The molecule has 6 atom stereocenters. The first-order valence-corrected chi connectivity index (χ1v) is 13.0. The maximum absolute atomic E-state index is 6.55. The molecule has 7 nitrogen and oxygen atoms in total. The van der Waals surface area contributed by atoms with Crippen LogP contribution >= 0.6 is 0 Å². The molecule has 0 radical (unpaired) electrons. The van der Waals surface area contributed by atoms with E-state index in [4.69, 9.17) is 33.2 Å². The molecule has 7 heteroatoms. The van der Waals surface area contributed by atoms with Gasteiger partial charge >= 0.3 is 0 Å². The van der Waals surface area contributed by atoms with E-state index >= 15 is 0 Å². The number of benzene rings is 1. The number of methoxy groups -OCH3 is 2. The summed E-state index contributed by atoms with van der Waals surface area (Å²) in [5.74, 6) is 1.33. The van der Waals surface area contributed by atoms with Crippen LogP contribution in [0, 0.1) is 5.92 Å². The third kappa shape index (κ3) is 6.64. The van der Waals surface area contributed by atoms with Crippen molar-refractivity contribution in [2.45, 2.75) is 90.0 Å². The van der Waals surface area contributed by atoms with E-state index in [1.807, 2.05) is 18.2 Å². The normalized spacial score (nSPS) is 28.1. The maximum atomic E-state index is 6.55. The zero-order valence-electron chi connectivity index (χ0n) is 21.6. The van der Waals surface area contributed by atoms with E-state index in [0.29, 0.717) is 26.4 Å². The molecule has 0 spiro atoms. The lowest BCUT2D eigenvalue weighted by molar-refractivity contribution is -0.303. The third-order valence-corrected chi connectivity index (χ3v) is 6.60. The predicted molar refractivity (Wildman–Crippen MR) is 131 cm³/mol. The first-order chi connectivity index (χ1) is 16.7. The Hall–Kier alpha value is -1.38. The van der Waals surface area contributed by atoms with Crippen LogP contribution in [0.4, 0.5) is 0 Å². The molecule has 2 heterocycles. The first-order valence-electron chi connectivity index (χ1n) is 13.0. The van der Waals surface area contributed by atoms with Gasteiger partial charge in [0.15, 0.2) is 0 Å². The Labute approximate surface area is 205 Å². The zero-order valence-corrected chi connectivity index (χ0v) is 21.6. The lowest BCUT2D eigenvalue weighted by Crippen LogP contribution is -2.62. The molecule has 1 aromatic rings. The Balaban J connectivity index is 1.91. The number of hydrogen-bond donors (Lipinski definition) is 0. The molecule has 194 valence electrons. The van der Waals surface area contributed by atoms with E-state index in [1.54, 1.807) is 14.2 Å². The summed E-state index contributed by atoms with van der Waals surface area (Å²) in [6, 6.07) is 5.80.